The molecule has 3 atom stereocenters. The van der Waals surface area contributed by atoms with Gasteiger partial charge in [0.2, 0.25) is 5.91 Å². The Balaban J connectivity index is 4.99. The third-order valence-electron chi connectivity index (χ3n) is 15.8. The number of likely N-dealkylation sites (N-methyl/N-ethyl adjacent to an activating group) is 1. The van der Waals surface area contributed by atoms with Crippen LogP contribution in [0.2, 0.25) is 0 Å². The first-order valence-electron chi connectivity index (χ1n) is 34.8. The highest BCUT2D eigenvalue weighted by Crippen LogP contribution is 2.43. The molecular formula is C70H136N2O7P+. The van der Waals surface area contributed by atoms with Gasteiger partial charge in [-0.05, 0) is 63.9 Å². The van der Waals surface area contributed by atoms with Crippen LogP contribution in [-0.4, -0.2) is 74.3 Å². The summed E-state index contributed by atoms with van der Waals surface area (Å²) in [5, 5.41) is 3.07. The van der Waals surface area contributed by atoms with Crippen LogP contribution in [0.4, 0.5) is 0 Å². The molecule has 3 unspecified atom stereocenters. The van der Waals surface area contributed by atoms with Crippen LogP contribution in [0.25, 0.3) is 0 Å². The van der Waals surface area contributed by atoms with E-state index in [-0.39, 0.29) is 25.1 Å². The summed E-state index contributed by atoms with van der Waals surface area (Å²) < 4.78 is 30.8. The van der Waals surface area contributed by atoms with Gasteiger partial charge >= 0.3 is 13.8 Å². The number of carbonyl (C=O) groups excluding carboxylic acids is 2. The molecule has 0 radical (unpaired) electrons. The molecule has 9 nitrogen and oxygen atoms in total. The Morgan fingerprint density at radius 1 is 0.438 bits per heavy atom. The lowest BCUT2D eigenvalue weighted by molar-refractivity contribution is -0.870. The number of ether oxygens (including phenoxy) is 1. The third-order valence-corrected chi connectivity index (χ3v) is 16.8. The zero-order valence-electron chi connectivity index (χ0n) is 54.1. The fourth-order valence-corrected chi connectivity index (χ4v) is 11.2. The average Bonchev–Trinajstić information content (AvgIpc) is 3.42. The van der Waals surface area contributed by atoms with Crippen LogP contribution in [0.1, 0.15) is 348 Å². The summed E-state index contributed by atoms with van der Waals surface area (Å²) in [6.45, 7) is 7.04. The van der Waals surface area contributed by atoms with Crippen LogP contribution >= 0.6 is 7.82 Å². The number of nitrogens with one attached hydrogen (secondary N) is 1. The van der Waals surface area contributed by atoms with Gasteiger partial charge in [0.25, 0.3) is 0 Å². The number of rotatable bonds is 64. The Labute approximate surface area is 497 Å². The van der Waals surface area contributed by atoms with Gasteiger partial charge in [-0.2, -0.15) is 0 Å². The first kappa shape index (κ1) is 78.2. The second-order valence-corrected chi connectivity index (χ2v) is 26.5. The van der Waals surface area contributed by atoms with Gasteiger partial charge in [-0.25, -0.2) is 4.57 Å². The predicted molar refractivity (Wildman–Crippen MR) is 346 cm³/mol. The van der Waals surface area contributed by atoms with Gasteiger partial charge in [-0.3, -0.25) is 18.6 Å². The van der Waals surface area contributed by atoms with Crippen LogP contribution < -0.4 is 5.32 Å². The molecule has 2 N–H and O–H groups in total. The number of phosphoric ester groups is 1. The van der Waals surface area contributed by atoms with Crippen molar-refractivity contribution >= 4 is 19.7 Å². The zero-order valence-corrected chi connectivity index (χ0v) is 55.0. The van der Waals surface area contributed by atoms with Crippen molar-refractivity contribution in [3.8, 4) is 0 Å². The van der Waals surface area contributed by atoms with Crippen molar-refractivity contribution < 1.29 is 37.3 Å². The van der Waals surface area contributed by atoms with Gasteiger partial charge in [0.15, 0.2) is 0 Å². The van der Waals surface area contributed by atoms with Gasteiger partial charge in [0, 0.05) is 12.8 Å². The molecule has 0 saturated heterocycles. The van der Waals surface area contributed by atoms with Gasteiger partial charge < -0.3 is 19.4 Å². The SMILES string of the molecule is CCCCC/C=C\C/C=C\CCCCCCCCCCCCCCCCCCCC(=O)OC(/C=C\CCCCCCCCCCCCC)C(COP(=O)(O)OCC[N+](C)(C)C)NC(=O)CCCCCCCCCCCCCCCC. The smallest absolute Gasteiger partial charge is 0.456 e. The molecule has 0 rings (SSSR count). The first-order valence-corrected chi connectivity index (χ1v) is 36.3. The standard InChI is InChI=1S/C70H135N2O7P/c1-7-10-13-16-19-22-25-28-30-31-32-33-34-35-36-37-38-39-40-41-42-45-48-51-54-57-60-63-70(74)79-68(61-58-55-52-49-46-43-27-24-21-18-15-12-9-3)67(66-78-80(75,76)77-65-64-72(4,5)6)71-69(73)62-59-56-53-50-47-44-29-26-23-20-17-14-11-8-2/h19,22,28,30,58,61,67-68H,7-18,20-21,23-27,29,31-57,59-60,62-66H2,1-6H3,(H-,71,73,75,76)/p+1/b22-19-,30-28-,61-58-. The highest BCUT2D eigenvalue weighted by molar-refractivity contribution is 7.47. The lowest BCUT2D eigenvalue weighted by Gasteiger charge is -2.27. The summed E-state index contributed by atoms with van der Waals surface area (Å²) >= 11 is 0. The van der Waals surface area contributed by atoms with Crippen LogP contribution in [-0.2, 0) is 27.9 Å². The van der Waals surface area contributed by atoms with E-state index in [0.717, 1.165) is 64.2 Å². The molecule has 0 aromatic rings. The van der Waals surface area contributed by atoms with E-state index in [1.165, 1.54) is 250 Å². The molecule has 1 amide bonds. The number of esters is 1. The molecule has 0 bridgehead atoms. The maximum Gasteiger partial charge on any atom is 0.472 e. The van der Waals surface area contributed by atoms with Crippen molar-refractivity contribution in [1.29, 1.82) is 0 Å². The minimum Gasteiger partial charge on any atom is -0.456 e. The number of carbonyl (C=O) groups is 2. The van der Waals surface area contributed by atoms with E-state index < -0.39 is 20.0 Å². The molecule has 0 spiro atoms. The Morgan fingerprint density at radius 3 is 1.15 bits per heavy atom. The van der Waals surface area contributed by atoms with E-state index in [1.807, 2.05) is 33.3 Å². The molecule has 0 aliphatic heterocycles. The summed E-state index contributed by atoms with van der Waals surface area (Å²) in [6.07, 6.45) is 74.4. The van der Waals surface area contributed by atoms with Crippen molar-refractivity contribution in [1.82, 2.24) is 5.32 Å². The number of amides is 1. The van der Waals surface area contributed by atoms with Crippen LogP contribution in [0.3, 0.4) is 0 Å². The Bertz CT molecular complexity index is 1460. The quantitative estimate of drug-likeness (QED) is 0.0205. The monoisotopic (exact) mass is 1150 g/mol. The van der Waals surface area contributed by atoms with Crippen molar-refractivity contribution in [2.75, 3.05) is 40.9 Å². The van der Waals surface area contributed by atoms with Gasteiger partial charge in [0.1, 0.15) is 19.3 Å². The fourth-order valence-electron chi connectivity index (χ4n) is 10.4. The van der Waals surface area contributed by atoms with E-state index in [0.29, 0.717) is 23.9 Å². The van der Waals surface area contributed by atoms with Crippen LogP contribution in [0, 0.1) is 0 Å². The molecule has 0 heterocycles. The van der Waals surface area contributed by atoms with Gasteiger partial charge in [0.05, 0.1) is 33.8 Å². The van der Waals surface area contributed by atoms with E-state index in [9.17, 15) is 19.0 Å². The summed E-state index contributed by atoms with van der Waals surface area (Å²) in [4.78, 5) is 37.8. The largest absolute Gasteiger partial charge is 0.472 e. The van der Waals surface area contributed by atoms with Crippen molar-refractivity contribution in [3.63, 3.8) is 0 Å². The maximum atomic E-state index is 13.6. The molecule has 472 valence electrons. The summed E-state index contributed by atoms with van der Waals surface area (Å²) in [5.74, 6) is -0.485. The Morgan fingerprint density at radius 2 is 0.762 bits per heavy atom. The van der Waals surface area contributed by atoms with Crippen LogP contribution in [0.5, 0.6) is 0 Å². The molecular weight excluding hydrogens is 1010 g/mol. The van der Waals surface area contributed by atoms with E-state index in [2.05, 4.69) is 50.4 Å². The third kappa shape index (κ3) is 60.8. The molecule has 0 fully saturated rings. The molecule has 0 aromatic carbocycles. The Hall–Kier alpha value is -1.77. The summed E-state index contributed by atoms with van der Waals surface area (Å²) in [6, 6.07) is -0.843. The van der Waals surface area contributed by atoms with E-state index >= 15 is 0 Å². The normalized spacial score (nSPS) is 13.7. The lowest BCUT2D eigenvalue weighted by Crippen LogP contribution is -2.47. The molecule has 0 aromatic heterocycles. The van der Waals surface area contributed by atoms with Crippen molar-refractivity contribution in [2.45, 2.75) is 360 Å². The number of nitrogens with zero attached hydrogens (tertiary/aromatic N) is 1. The second kappa shape index (κ2) is 60.4. The number of hydrogen-bond donors (Lipinski definition) is 2. The highest BCUT2D eigenvalue weighted by atomic mass is 31.2. The molecule has 80 heavy (non-hydrogen) atoms. The van der Waals surface area contributed by atoms with E-state index in [1.54, 1.807) is 0 Å². The highest BCUT2D eigenvalue weighted by Gasteiger charge is 2.30. The number of allylic oxidation sites excluding steroid dienone is 5. The van der Waals surface area contributed by atoms with Crippen LogP contribution in [0.15, 0.2) is 36.5 Å². The number of quaternary nitrogens is 1. The lowest BCUT2D eigenvalue weighted by atomic mass is 10.0. The topological polar surface area (TPSA) is 111 Å². The van der Waals surface area contributed by atoms with Crippen molar-refractivity contribution in [2.24, 2.45) is 0 Å². The number of unbranched alkanes of at least 4 members (excludes halogenated alkanes) is 44. The minimum atomic E-state index is -4.45. The molecule has 0 saturated carbocycles. The summed E-state index contributed by atoms with van der Waals surface area (Å²) in [7, 11) is 1.51. The van der Waals surface area contributed by atoms with E-state index in [4.69, 9.17) is 13.8 Å². The van der Waals surface area contributed by atoms with Gasteiger partial charge in [-0.15, -0.1) is 0 Å². The Kier molecular flexibility index (Phi) is 59.0. The maximum absolute atomic E-state index is 13.6. The number of phosphoric acid groups is 1. The van der Waals surface area contributed by atoms with Gasteiger partial charge in [-0.1, -0.05) is 308 Å². The zero-order chi connectivity index (χ0) is 58.6. The fraction of sp³-hybridized carbons (Fsp3) is 0.886. The van der Waals surface area contributed by atoms with Crippen molar-refractivity contribution in [3.05, 3.63) is 36.5 Å². The summed E-state index contributed by atoms with van der Waals surface area (Å²) in [5.41, 5.74) is 0. The molecule has 0 aliphatic carbocycles. The average molecular weight is 1150 g/mol. The number of hydrogen-bond acceptors (Lipinski definition) is 6. The molecule has 0 aliphatic rings. The predicted octanol–water partition coefficient (Wildman–Crippen LogP) is 21.8. The minimum absolute atomic E-state index is 0.0439. The second-order valence-electron chi connectivity index (χ2n) is 25.1. The molecule has 10 heteroatoms. The first-order chi connectivity index (χ1) is 38.9.